The Kier molecular flexibility index (Phi) is 23.5. The molecule has 0 unspecified atom stereocenters. The zero-order valence-electron chi connectivity index (χ0n) is 20.7. The Hall–Kier alpha value is -0.110. The molecule has 0 aromatic carbocycles. The monoisotopic (exact) mass is 444 g/mol. The van der Waals surface area contributed by atoms with Gasteiger partial charge in [-0.15, -0.1) is 0 Å². The quantitative estimate of drug-likeness (QED) is 0.0844. The van der Waals surface area contributed by atoms with Crippen LogP contribution >= 0.6 is 7.60 Å². The van der Waals surface area contributed by atoms with Crippen LogP contribution in [0.1, 0.15) is 136 Å². The van der Waals surface area contributed by atoms with Crippen LogP contribution < -0.4 is 0 Å². The van der Waals surface area contributed by atoms with E-state index in [2.05, 4.69) is 32.9 Å². The maximum atomic E-state index is 12.9. The molecule has 0 bridgehead atoms. The van der Waals surface area contributed by atoms with E-state index in [0.717, 1.165) is 38.5 Å². The first kappa shape index (κ1) is 29.9. The van der Waals surface area contributed by atoms with Gasteiger partial charge in [0.15, 0.2) is 0 Å². The second-order valence-electron chi connectivity index (χ2n) is 8.65. The lowest BCUT2D eigenvalue weighted by Crippen LogP contribution is -2.03. The lowest BCUT2D eigenvalue weighted by Gasteiger charge is -2.18. The third-order valence-corrected chi connectivity index (χ3v) is 7.53. The van der Waals surface area contributed by atoms with Crippen LogP contribution in [-0.2, 0) is 13.6 Å². The summed E-state index contributed by atoms with van der Waals surface area (Å²) in [5.41, 5.74) is 0. The van der Waals surface area contributed by atoms with E-state index >= 15 is 0 Å². The predicted molar refractivity (Wildman–Crippen MR) is 134 cm³/mol. The molecule has 0 aromatic heterocycles. The van der Waals surface area contributed by atoms with Gasteiger partial charge in [0.25, 0.3) is 0 Å². The van der Waals surface area contributed by atoms with Crippen molar-refractivity contribution >= 4 is 7.60 Å². The van der Waals surface area contributed by atoms with Crippen molar-refractivity contribution in [3.63, 3.8) is 0 Å². The molecule has 0 amide bonds. The maximum absolute atomic E-state index is 12.9. The van der Waals surface area contributed by atoms with Crippen molar-refractivity contribution in [2.45, 2.75) is 136 Å². The highest BCUT2D eigenvalue weighted by molar-refractivity contribution is 7.53. The highest BCUT2D eigenvalue weighted by Gasteiger charge is 2.23. The van der Waals surface area contributed by atoms with Gasteiger partial charge < -0.3 is 9.05 Å². The molecule has 0 N–H and O–H groups in total. The molecule has 3 nitrogen and oxygen atoms in total. The molecule has 0 saturated carbocycles. The summed E-state index contributed by atoms with van der Waals surface area (Å²) in [7, 11) is -2.88. The second-order valence-corrected chi connectivity index (χ2v) is 10.8. The van der Waals surface area contributed by atoms with Crippen molar-refractivity contribution < 1.29 is 13.6 Å². The Morgan fingerprint density at radius 2 is 0.933 bits per heavy atom. The minimum atomic E-state index is -2.88. The van der Waals surface area contributed by atoms with Crippen LogP contribution in [0, 0.1) is 0 Å². The molecule has 0 spiro atoms. The fraction of sp³-hybridized carbons (Fsp3) is 0.923. The third-order valence-electron chi connectivity index (χ3n) is 5.52. The van der Waals surface area contributed by atoms with Crippen LogP contribution in [0.15, 0.2) is 12.2 Å². The summed E-state index contributed by atoms with van der Waals surface area (Å²) in [5.74, 6) is 0. The van der Waals surface area contributed by atoms with Gasteiger partial charge in [-0.3, -0.25) is 4.57 Å². The highest BCUT2D eigenvalue weighted by Crippen LogP contribution is 2.49. The number of hydrogen-bond acceptors (Lipinski definition) is 3. The molecule has 0 radical (unpaired) electrons. The average molecular weight is 445 g/mol. The van der Waals surface area contributed by atoms with Crippen LogP contribution in [0.5, 0.6) is 0 Å². The SMILES string of the molecule is CCCCCCCC/C=C\CCCCCCCCP(=O)(OCCCC)OCCCC. The van der Waals surface area contributed by atoms with Gasteiger partial charge in [-0.05, 0) is 44.9 Å². The number of allylic oxidation sites excluding steroid dienone is 2. The van der Waals surface area contributed by atoms with Crippen molar-refractivity contribution in [1.29, 1.82) is 0 Å². The van der Waals surface area contributed by atoms with Gasteiger partial charge in [-0.2, -0.15) is 0 Å². The highest BCUT2D eigenvalue weighted by atomic mass is 31.2. The first-order valence-electron chi connectivity index (χ1n) is 13.2. The van der Waals surface area contributed by atoms with Crippen molar-refractivity contribution in [3.05, 3.63) is 12.2 Å². The van der Waals surface area contributed by atoms with Crippen molar-refractivity contribution in [3.8, 4) is 0 Å². The van der Waals surface area contributed by atoms with Gasteiger partial charge in [-0.1, -0.05) is 104 Å². The Morgan fingerprint density at radius 3 is 1.40 bits per heavy atom. The Bertz CT molecular complexity index is 395. The topological polar surface area (TPSA) is 35.5 Å². The summed E-state index contributed by atoms with van der Waals surface area (Å²) in [4.78, 5) is 0. The number of unbranched alkanes of at least 4 members (excludes halogenated alkanes) is 14. The van der Waals surface area contributed by atoms with Crippen LogP contribution in [0.2, 0.25) is 0 Å². The van der Waals surface area contributed by atoms with Crippen molar-refractivity contribution in [2.24, 2.45) is 0 Å². The summed E-state index contributed by atoms with van der Waals surface area (Å²) in [6.07, 6.45) is 27.3. The average Bonchev–Trinajstić information content (AvgIpc) is 2.74. The van der Waals surface area contributed by atoms with E-state index in [4.69, 9.17) is 9.05 Å². The lowest BCUT2D eigenvalue weighted by atomic mass is 10.1. The molecule has 0 atom stereocenters. The Balaban J connectivity index is 3.61. The van der Waals surface area contributed by atoms with Gasteiger partial charge in [0.2, 0.25) is 0 Å². The van der Waals surface area contributed by atoms with E-state index in [9.17, 15) is 4.57 Å². The van der Waals surface area contributed by atoms with E-state index in [-0.39, 0.29) is 0 Å². The van der Waals surface area contributed by atoms with Crippen LogP contribution in [0.25, 0.3) is 0 Å². The van der Waals surface area contributed by atoms with Crippen LogP contribution in [0.4, 0.5) is 0 Å². The molecule has 30 heavy (non-hydrogen) atoms. The van der Waals surface area contributed by atoms with Crippen molar-refractivity contribution in [2.75, 3.05) is 19.4 Å². The molecule has 0 aromatic rings. The first-order chi connectivity index (χ1) is 14.7. The molecule has 0 aliphatic rings. The second kappa shape index (κ2) is 23.6. The third kappa shape index (κ3) is 21.1. The van der Waals surface area contributed by atoms with E-state index < -0.39 is 7.60 Å². The predicted octanol–water partition coefficient (Wildman–Crippen LogP) is 9.85. The maximum Gasteiger partial charge on any atom is 0.330 e. The molecule has 0 fully saturated rings. The van der Waals surface area contributed by atoms with Gasteiger partial charge >= 0.3 is 7.60 Å². The fourth-order valence-electron chi connectivity index (χ4n) is 3.42. The van der Waals surface area contributed by atoms with Gasteiger partial charge in [0.1, 0.15) is 0 Å². The van der Waals surface area contributed by atoms with E-state index in [1.165, 1.54) is 77.0 Å². The van der Waals surface area contributed by atoms with Crippen molar-refractivity contribution in [1.82, 2.24) is 0 Å². The molecule has 180 valence electrons. The van der Waals surface area contributed by atoms with Gasteiger partial charge in [0.05, 0.1) is 19.4 Å². The number of hydrogen-bond donors (Lipinski definition) is 0. The molecule has 0 saturated heterocycles. The molecule has 0 heterocycles. The van der Waals surface area contributed by atoms with Gasteiger partial charge in [0, 0.05) is 0 Å². The minimum absolute atomic E-state index is 0.562. The Labute approximate surface area is 189 Å². The molecule has 4 heteroatoms. The van der Waals surface area contributed by atoms with E-state index in [1.54, 1.807) is 0 Å². The molecule has 0 rings (SSSR count). The van der Waals surface area contributed by atoms with E-state index in [1.807, 2.05) is 0 Å². The first-order valence-corrected chi connectivity index (χ1v) is 14.9. The largest absolute Gasteiger partial charge is 0.330 e. The lowest BCUT2D eigenvalue weighted by molar-refractivity contribution is 0.199. The molecular formula is C26H53O3P. The summed E-state index contributed by atoms with van der Waals surface area (Å²) in [6.45, 7) is 7.64. The Morgan fingerprint density at radius 1 is 0.533 bits per heavy atom. The normalized spacial score (nSPS) is 12.2. The standard InChI is InChI=1S/C26H53O3P/c1-4-7-10-11-12-13-14-15-16-17-18-19-20-21-22-23-26-30(27,28-24-8-5-2)29-25-9-6-3/h15-16H,4-14,17-26H2,1-3H3/b16-15-. The summed E-state index contributed by atoms with van der Waals surface area (Å²) in [5, 5.41) is 0. The zero-order valence-corrected chi connectivity index (χ0v) is 21.6. The van der Waals surface area contributed by atoms with Crippen LogP contribution in [0.3, 0.4) is 0 Å². The van der Waals surface area contributed by atoms with Crippen LogP contribution in [-0.4, -0.2) is 19.4 Å². The minimum Gasteiger partial charge on any atom is -0.309 e. The van der Waals surface area contributed by atoms with Gasteiger partial charge in [-0.25, -0.2) is 0 Å². The number of rotatable bonds is 24. The smallest absolute Gasteiger partial charge is 0.309 e. The molecule has 0 aliphatic carbocycles. The summed E-state index contributed by atoms with van der Waals surface area (Å²) in [6, 6.07) is 0. The summed E-state index contributed by atoms with van der Waals surface area (Å²) < 4.78 is 24.2. The zero-order chi connectivity index (χ0) is 22.2. The molecular weight excluding hydrogens is 391 g/mol. The molecule has 0 aliphatic heterocycles. The van der Waals surface area contributed by atoms with E-state index in [0.29, 0.717) is 19.4 Å². The fourth-order valence-corrected chi connectivity index (χ4v) is 5.17. The summed E-state index contributed by atoms with van der Waals surface area (Å²) >= 11 is 0.